The molecule has 0 spiro atoms. The van der Waals surface area contributed by atoms with E-state index in [9.17, 15) is 9.59 Å². The van der Waals surface area contributed by atoms with Crippen LogP contribution < -0.4 is 10.2 Å². The number of amides is 1. The monoisotopic (exact) mass is 314 g/mol. The van der Waals surface area contributed by atoms with Gasteiger partial charge in [-0.2, -0.15) is 0 Å². The molecule has 1 fully saturated rings. The lowest BCUT2D eigenvalue weighted by atomic mass is 9.95. The number of ketones is 1. The standard InChI is InChI=1S/C19H26N2O2/c1-12(2)19(23)21-13(3)10-15-11-14(7-8-17(15)21)18(22)16-6-4-5-9-20-16/h7-8,11-13,16,20H,4-6,9-10H2,1-3H3. The van der Waals surface area contributed by atoms with Gasteiger partial charge in [0.15, 0.2) is 5.78 Å². The van der Waals surface area contributed by atoms with E-state index in [0.29, 0.717) is 0 Å². The first-order valence-corrected chi connectivity index (χ1v) is 8.72. The molecule has 2 unspecified atom stereocenters. The van der Waals surface area contributed by atoms with Crippen LogP contribution in [0.3, 0.4) is 0 Å². The third kappa shape index (κ3) is 3.05. The Bertz CT molecular complexity index is 618. The first-order valence-electron chi connectivity index (χ1n) is 8.72. The number of carbonyl (C=O) groups is 2. The van der Waals surface area contributed by atoms with Crippen LogP contribution in [0.25, 0.3) is 0 Å². The Morgan fingerprint density at radius 3 is 2.70 bits per heavy atom. The molecule has 2 heterocycles. The van der Waals surface area contributed by atoms with Crippen LogP contribution in [0.1, 0.15) is 56.0 Å². The lowest BCUT2D eigenvalue weighted by Crippen LogP contribution is -2.40. The molecule has 4 heteroatoms. The number of piperidine rings is 1. The van der Waals surface area contributed by atoms with Gasteiger partial charge in [0.1, 0.15) is 0 Å². The van der Waals surface area contributed by atoms with Gasteiger partial charge in [-0.15, -0.1) is 0 Å². The van der Waals surface area contributed by atoms with Crippen LogP contribution in [-0.4, -0.2) is 30.3 Å². The number of Topliss-reactive ketones (excluding diaryl/α,β-unsaturated/α-hetero) is 1. The van der Waals surface area contributed by atoms with Crippen LogP contribution in [0.2, 0.25) is 0 Å². The first-order chi connectivity index (χ1) is 11.0. The summed E-state index contributed by atoms with van der Waals surface area (Å²) in [5.41, 5.74) is 2.87. The van der Waals surface area contributed by atoms with Gasteiger partial charge < -0.3 is 10.2 Å². The summed E-state index contributed by atoms with van der Waals surface area (Å²) in [5, 5.41) is 3.32. The SMILES string of the molecule is CC(C)C(=O)N1c2ccc(C(=O)C3CCCCN3)cc2CC1C. The van der Waals surface area contributed by atoms with Gasteiger partial charge in [-0.25, -0.2) is 0 Å². The van der Waals surface area contributed by atoms with Crippen molar-refractivity contribution >= 4 is 17.4 Å². The molecular formula is C19H26N2O2. The normalized spacial score (nSPS) is 23.9. The van der Waals surface area contributed by atoms with Gasteiger partial charge in [-0.05, 0) is 56.5 Å². The number of rotatable bonds is 3. The summed E-state index contributed by atoms with van der Waals surface area (Å²) in [6.07, 6.45) is 4.01. The molecule has 2 aliphatic rings. The Balaban J connectivity index is 1.85. The van der Waals surface area contributed by atoms with Gasteiger partial charge in [0, 0.05) is 23.2 Å². The van der Waals surface area contributed by atoms with Crippen molar-refractivity contribution in [2.24, 2.45) is 5.92 Å². The Hall–Kier alpha value is -1.68. The van der Waals surface area contributed by atoms with E-state index in [1.54, 1.807) is 0 Å². The summed E-state index contributed by atoms with van der Waals surface area (Å²) in [6.45, 7) is 6.86. The second-order valence-electron chi connectivity index (χ2n) is 7.13. The van der Waals surface area contributed by atoms with Crippen molar-refractivity contribution in [3.05, 3.63) is 29.3 Å². The van der Waals surface area contributed by atoms with Gasteiger partial charge >= 0.3 is 0 Å². The molecule has 1 amide bonds. The molecule has 1 aromatic carbocycles. The number of fused-ring (bicyclic) bond motifs is 1. The number of hydrogen-bond donors (Lipinski definition) is 1. The van der Waals surface area contributed by atoms with Crippen LogP contribution in [0.4, 0.5) is 5.69 Å². The number of carbonyl (C=O) groups excluding carboxylic acids is 2. The van der Waals surface area contributed by atoms with E-state index in [0.717, 1.165) is 49.0 Å². The summed E-state index contributed by atoms with van der Waals surface area (Å²) < 4.78 is 0. The second kappa shape index (κ2) is 6.44. The molecule has 0 bridgehead atoms. The van der Waals surface area contributed by atoms with Crippen molar-refractivity contribution in [3.8, 4) is 0 Å². The highest BCUT2D eigenvalue weighted by Gasteiger charge is 2.33. The number of anilines is 1. The van der Waals surface area contributed by atoms with Gasteiger partial charge in [-0.3, -0.25) is 9.59 Å². The van der Waals surface area contributed by atoms with E-state index in [1.165, 1.54) is 0 Å². The zero-order chi connectivity index (χ0) is 16.6. The van der Waals surface area contributed by atoms with Crippen molar-refractivity contribution in [3.63, 3.8) is 0 Å². The Kier molecular flexibility index (Phi) is 4.53. The molecule has 0 saturated carbocycles. The molecule has 124 valence electrons. The third-order valence-corrected chi connectivity index (χ3v) is 4.94. The summed E-state index contributed by atoms with van der Waals surface area (Å²) in [4.78, 5) is 27.0. The van der Waals surface area contributed by atoms with Crippen molar-refractivity contribution in [2.75, 3.05) is 11.4 Å². The maximum Gasteiger partial charge on any atom is 0.229 e. The summed E-state index contributed by atoms with van der Waals surface area (Å²) in [6, 6.07) is 5.95. The number of nitrogens with zero attached hydrogens (tertiary/aromatic N) is 1. The number of hydrogen-bond acceptors (Lipinski definition) is 3. The zero-order valence-corrected chi connectivity index (χ0v) is 14.3. The van der Waals surface area contributed by atoms with Gasteiger partial charge in [0.05, 0.1) is 6.04 Å². The maximum atomic E-state index is 12.7. The summed E-state index contributed by atoms with van der Waals surface area (Å²) in [7, 11) is 0. The smallest absolute Gasteiger partial charge is 0.229 e. The average molecular weight is 314 g/mol. The molecular weight excluding hydrogens is 288 g/mol. The minimum absolute atomic E-state index is 0.0175. The van der Waals surface area contributed by atoms with Crippen molar-refractivity contribution in [1.29, 1.82) is 0 Å². The van der Waals surface area contributed by atoms with Crippen molar-refractivity contribution in [1.82, 2.24) is 5.32 Å². The lowest BCUT2D eigenvalue weighted by Gasteiger charge is -2.25. The topological polar surface area (TPSA) is 49.4 Å². The molecule has 1 saturated heterocycles. The van der Waals surface area contributed by atoms with Gasteiger partial charge in [-0.1, -0.05) is 20.3 Å². The number of nitrogens with one attached hydrogen (secondary N) is 1. The maximum absolute atomic E-state index is 12.7. The molecule has 2 atom stereocenters. The Labute approximate surface area is 138 Å². The fourth-order valence-electron chi connectivity index (χ4n) is 3.68. The van der Waals surface area contributed by atoms with E-state index in [-0.39, 0.29) is 29.7 Å². The van der Waals surface area contributed by atoms with Crippen LogP contribution in [-0.2, 0) is 11.2 Å². The fraction of sp³-hybridized carbons (Fsp3) is 0.579. The van der Waals surface area contributed by atoms with Crippen molar-refractivity contribution < 1.29 is 9.59 Å². The lowest BCUT2D eigenvalue weighted by molar-refractivity contribution is -0.121. The quantitative estimate of drug-likeness (QED) is 0.873. The van der Waals surface area contributed by atoms with Crippen LogP contribution >= 0.6 is 0 Å². The molecule has 23 heavy (non-hydrogen) atoms. The van der Waals surface area contributed by atoms with Gasteiger partial charge in [0.25, 0.3) is 0 Å². The van der Waals surface area contributed by atoms with E-state index < -0.39 is 0 Å². The zero-order valence-electron chi connectivity index (χ0n) is 14.3. The van der Waals surface area contributed by atoms with Crippen LogP contribution in [0.15, 0.2) is 18.2 Å². The molecule has 2 aliphatic heterocycles. The molecule has 0 aliphatic carbocycles. The van der Waals surface area contributed by atoms with Crippen molar-refractivity contribution in [2.45, 2.75) is 58.5 Å². The molecule has 0 aromatic heterocycles. The largest absolute Gasteiger partial charge is 0.309 e. The predicted molar refractivity (Wildman–Crippen MR) is 91.9 cm³/mol. The summed E-state index contributed by atoms with van der Waals surface area (Å²) >= 11 is 0. The van der Waals surface area contributed by atoms with E-state index >= 15 is 0 Å². The van der Waals surface area contributed by atoms with E-state index in [2.05, 4.69) is 12.2 Å². The van der Waals surface area contributed by atoms with Gasteiger partial charge in [0.2, 0.25) is 5.91 Å². The molecule has 3 rings (SSSR count). The molecule has 4 nitrogen and oxygen atoms in total. The predicted octanol–water partition coefficient (Wildman–Crippen LogP) is 2.95. The second-order valence-corrected chi connectivity index (χ2v) is 7.13. The third-order valence-electron chi connectivity index (χ3n) is 4.94. The molecule has 0 radical (unpaired) electrons. The highest BCUT2D eigenvalue weighted by Crippen LogP contribution is 2.34. The minimum Gasteiger partial charge on any atom is -0.309 e. The first kappa shape index (κ1) is 16.2. The van der Waals surface area contributed by atoms with Crippen LogP contribution in [0.5, 0.6) is 0 Å². The minimum atomic E-state index is -0.0472. The average Bonchev–Trinajstić information content (AvgIpc) is 2.88. The fourth-order valence-corrected chi connectivity index (χ4v) is 3.68. The van der Waals surface area contributed by atoms with E-state index in [4.69, 9.17) is 0 Å². The molecule has 1 N–H and O–H groups in total. The Morgan fingerprint density at radius 1 is 1.26 bits per heavy atom. The summed E-state index contributed by atoms with van der Waals surface area (Å²) in [5.74, 6) is 0.328. The molecule has 1 aromatic rings. The van der Waals surface area contributed by atoms with E-state index in [1.807, 2.05) is 36.9 Å². The van der Waals surface area contributed by atoms with Crippen LogP contribution in [0, 0.1) is 5.92 Å². The highest BCUT2D eigenvalue weighted by molar-refractivity contribution is 6.02. The number of benzene rings is 1. The Morgan fingerprint density at radius 2 is 2.04 bits per heavy atom. The highest BCUT2D eigenvalue weighted by atomic mass is 16.2.